The molecule has 1 rings (SSSR count). The van der Waals surface area contributed by atoms with Gasteiger partial charge in [0.1, 0.15) is 0 Å². The van der Waals surface area contributed by atoms with Gasteiger partial charge in [-0.2, -0.15) is 13.2 Å². The van der Waals surface area contributed by atoms with E-state index in [1.807, 2.05) is 6.92 Å². The molecule has 0 aliphatic rings. The van der Waals surface area contributed by atoms with Crippen molar-refractivity contribution in [2.45, 2.75) is 32.5 Å². The summed E-state index contributed by atoms with van der Waals surface area (Å²) in [6, 6.07) is 4.27. The Bertz CT molecular complexity index is 447. The van der Waals surface area contributed by atoms with E-state index in [-0.39, 0.29) is 11.7 Å². The van der Waals surface area contributed by atoms with Gasteiger partial charge in [-0.25, -0.2) is 0 Å². The lowest BCUT2D eigenvalue weighted by Crippen LogP contribution is -2.29. The van der Waals surface area contributed by atoms with Crippen LogP contribution < -0.4 is 10.6 Å². The van der Waals surface area contributed by atoms with Crippen molar-refractivity contribution in [3.05, 3.63) is 29.3 Å². The second kappa shape index (κ2) is 7.66. The van der Waals surface area contributed by atoms with Crippen molar-refractivity contribution in [3.8, 4) is 0 Å². The van der Waals surface area contributed by atoms with Crippen molar-refractivity contribution in [3.63, 3.8) is 0 Å². The van der Waals surface area contributed by atoms with Gasteiger partial charge in [0.25, 0.3) is 0 Å². The third-order valence-electron chi connectivity index (χ3n) is 3.21. The number of anilines is 1. The van der Waals surface area contributed by atoms with Crippen molar-refractivity contribution in [1.29, 1.82) is 0 Å². The molecule has 0 bridgehead atoms. The normalized spacial score (nSPS) is 13.3. The molecule has 120 valence electrons. The Morgan fingerprint density at radius 2 is 2.00 bits per heavy atom. The molecule has 0 aromatic heterocycles. The zero-order valence-corrected chi connectivity index (χ0v) is 12.7. The van der Waals surface area contributed by atoms with E-state index >= 15 is 0 Å². The Balaban J connectivity index is 3.17. The molecule has 0 heterocycles. The zero-order valence-electron chi connectivity index (χ0n) is 12.7. The van der Waals surface area contributed by atoms with Gasteiger partial charge in [-0.1, -0.05) is 6.07 Å². The average Bonchev–Trinajstić information content (AvgIpc) is 2.39. The highest BCUT2D eigenvalue weighted by Crippen LogP contribution is 2.37. The van der Waals surface area contributed by atoms with Gasteiger partial charge in [-0.05, 0) is 38.0 Å². The quantitative estimate of drug-likeness (QED) is 0.841. The number of nitrogens with two attached hydrogens (primary N) is 1. The molecule has 0 fully saturated rings. The summed E-state index contributed by atoms with van der Waals surface area (Å²) < 4.78 is 44.8. The lowest BCUT2D eigenvalue weighted by atomic mass is 10.0. The number of likely N-dealkylation sites (N-methyl/N-ethyl adjacent to an activating group) is 1. The second-order valence-corrected chi connectivity index (χ2v) is 5.10. The molecule has 0 aliphatic carbocycles. The molecule has 0 spiro atoms. The van der Waals surface area contributed by atoms with Gasteiger partial charge in [0, 0.05) is 31.9 Å². The summed E-state index contributed by atoms with van der Waals surface area (Å²) in [4.78, 5) is 1.67. The summed E-state index contributed by atoms with van der Waals surface area (Å²) in [5.74, 6) is 0. The van der Waals surface area contributed by atoms with Crippen LogP contribution in [0.5, 0.6) is 0 Å². The number of benzene rings is 1. The Morgan fingerprint density at radius 3 is 2.48 bits per heavy atom. The summed E-state index contributed by atoms with van der Waals surface area (Å²) in [5.41, 5.74) is 5.84. The number of hydrogen-bond donors (Lipinski definition) is 1. The number of rotatable bonds is 7. The Kier molecular flexibility index (Phi) is 6.48. The van der Waals surface area contributed by atoms with Gasteiger partial charge in [0.2, 0.25) is 0 Å². The first-order valence-corrected chi connectivity index (χ1v) is 6.99. The van der Waals surface area contributed by atoms with E-state index in [9.17, 15) is 13.2 Å². The van der Waals surface area contributed by atoms with Gasteiger partial charge < -0.3 is 15.4 Å². The number of nitrogens with zero attached hydrogens (tertiary/aromatic N) is 1. The number of alkyl halides is 3. The molecule has 0 saturated carbocycles. The van der Waals surface area contributed by atoms with E-state index in [0.29, 0.717) is 31.7 Å². The Labute approximate surface area is 123 Å². The third kappa shape index (κ3) is 5.21. The minimum absolute atomic E-state index is 0.173. The first-order chi connectivity index (χ1) is 9.79. The molecule has 1 atom stereocenters. The molecular formula is C15H23F3N2O. The molecule has 3 nitrogen and oxygen atoms in total. The minimum Gasteiger partial charge on any atom is -0.383 e. The van der Waals surface area contributed by atoms with E-state index in [1.54, 1.807) is 17.9 Å². The molecule has 0 saturated heterocycles. The van der Waals surface area contributed by atoms with Crippen LogP contribution in [0.15, 0.2) is 18.2 Å². The molecule has 0 amide bonds. The average molecular weight is 304 g/mol. The van der Waals surface area contributed by atoms with Crippen molar-refractivity contribution < 1.29 is 17.9 Å². The largest absolute Gasteiger partial charge is 0.418 e. The number of halogens is 3. The second-order valence-electron chi connectivity index (χ2n) is 5.10. The van der Waals surface area contributed by atoms with Crippen molar-refractivity contribution in [1.82, 2.24) is 0 Å². The van der Waals surface area contributed by atoms with Gasteiger partial charge in [-0.15, -0.1) is 0 Å². The van der Waals surface area contributed by atoms with Crippen LogP contribution in [0.3, 0.4) is 0 Å². The van der Waals surface area contributed by atoms with E-state index in [2.05, 4.69) is 0 Å². The van der Waals surface area contributed by atoms with E-state index < -0.39 is 11.7 Å². The van der Waals surface area contributed by atoms with E-state index in [1.165, 1.54) is 19.2 Å². The highest BCUT2D eigenvalue weighted by atomic mass is 19.4. The fraction of sp³-hybridized carbons (Fsp3) is 0.600. The van der Waals surface area contributed by atoms with Crippen LogP contribution in [0.25, 0.3) is 0 Å². The lowest BCUT2D eigenvalue weighted by molar-refractivity contribution is -0.137. The molecule has 21 heavy (non-hydrogen) atoms. The van der Waals surface area contributed by atoms with Crippen molar-refractivity contribution in [2.75, 3.05) is 31.7 Å². The molecule has 1 aromatic carbocycles. The maximum absolute atomic E-state index is 13.3. The standard InChI is InChI=1S/C15H23F3N2O/c1-4-20(7-8-21-3)14-6-5-12(9-11(2)19)10-13(14)15(16,17)18/h5-6,10-11H,4,7-9,19H2,1-3H3. The molecular weight excluding hydrogens is 281 g/mol. The number of methoxy groups -OCH3 is 1. The predicted octanol–water partition coefficient (Wildman–Crippen LogP) is 3.07. The van der Waals surface area contributed by atoms with Gasteiger partial charge in [0.05, 0.1) is 12.2 Å². The fourth-order valence-electron chi connectivity index (χ4n) is 2.24. The van der Waals surface area contributed by atoms with Crippen LogP contribution in [0.2, 0.25) is 0 Å². The topological polar surface area (TPSA) is 38.5 Å². The molecule has 1 aromatic rings. The van der Waals surface area contributed by atoms with Crippen molar-refractivity contribution >= 4 is 5.69 Å². The first-order valence-electron chi connectivity index (χ1n) is 6.99. The van der Waals surface area contributed by atoms with Crippen molar-refractivity contribution in [2.24, 2.45) is 5.73 Å². The SMILES string of the molecule is CCN(CCOC)c1ccc(CC(C)N)cc1C(F)(F)F. The van der Waals surface area contributed by atoms with Crippen LogP contribution in [0.4, 0.5) is 18.9 Å². The van der Waals surface area contributed by atoms with Gasteiger partial charge >= 0.3 is 6.18 Å². The van der Waals surface area contributed by atoms with Crippen LogP contribution in [-0.2, 0) is 17.3 Å². The predicted molar refractivity (Wildman–Crippen MR) is 78.6 cm³/mol. The lowest BCUT2D eigenvalue weighted by Gasteiger charge is -2.27. The van der Waals surface area contributed by atoms with E-state index in [4.69, 9.17) is 10.5 Å². The molecule has 2 N–H and O–H groups in total. The van der Waals surface area contributed by atoms with Gasteiger partial charge in [-0.3, -0.25) is 0 Å². The summed E-state index contributed by atoms with van der Waals surface area (Å²) in [5, 5.41) is 0. The van der Waals surface area contributed by atoms with Crippen LogP contribution in [-0.4, -0.2) is 32.8 Å². The first kappa shape index (κ1) is 17.8. The minimum atomic E-state index is -4.39. The fourth-order valence-corrected chi connectivity index (χ4v) is 2.24. The smallest absolute Gasteiger partial charge is 0.383 e. The van der Waals surface area contributed by atoms with Crippen LogP contribution in [0.1, 0.15) is 25.0 Å². The summed E-state index contributed by atoms with van der Waals surface area (Å²) >= 11 is 0. The zero-order chi connectivity index (χ0) is 16.0. The highest BCUT2D eigenvalue weighted by Gasteiger charge is 2.35. The molecule has 6 heteroatoms. The highest BCUT2D eigenvalue weighted by molar-refractivity contribution is 5.56. The molecule has 1 unspecified atom stereocenters. The number of hydrogen-bond acceptors (Lipinski definition) is 3. The molecule has 0 radical (unpaired) electrons. The Morgan fingerprint density at radius 1 is 1.33 bits per heavy atom. The summed E-state index contributed by atoms with van der Waals surface area (Å²) in [6.45, 7) is 4.89. The third-order valence-corrected chi connectivity index (χ3v) is 3.21. The Hall–Kier alpha value is -1.27. The van der Waals surface area contributed by atoms with E-state index in [0.717, 1.165) is 0 Å². The summed E-state index contributed by atoms with van der Waals surface area (Å²) in [6.07, 6.45) is -3.96. The maximum Gasteiger partial charge on any atom is 0.418 e. The van der Waals surface area contributed by atoms with Gasteiger partial charge in [0.15, 0.2) is 0 Å². The maximum atomic E-state index is 13.3. The van der Waals surface area contributed by atoms with Crippen LogP contribution in [0, 0.1) is 0 Å². The number of ether oxygens (including phenoxy) is 1. The van der Waals surface area contributed by atoms with Crippen LogP contribution >= 0.6 is 0 Å². The molecule has 0 aliphatic heterocycles. The monoisotopic (exact) mass is 304 g/mol. The summed E-state index contributed by atoms with van der Waals surface area (Å²) in [7, 11) is 1.53.